The van der Waals surface area contributed by atoms with E-state index in [4.69, 9.17) is 0 Å². The Morgan fingerprint density at radius 1 is 0.500 bits per heavy atom. The molecule has 0 aromatic heterocycles. The Morgan fingerprint density at radius 2 is 1.10 bits per heavy atom. The zero-order valence-corrected chi connectivity index (χ0v) is 16.7. The molecule has 140 valence electrons. The van der Waals surface area contributed by atoms with Gasteiger partial charge in [-0.25, -0.2) is 0 Å². The smallest absolute Gasteiger partial charge is 0.0565 e. The highest BCUT2D eigenvalue weighted by Gasteiger charge is 2.67. The van der Waals surface area contributed by atoms with Gasteiger partial charge in [-0.2, -0.15) is 0 Å². The lowest BCUT2D eigenvalue weighted by Crippen LogP contribution is -2.41. The Balaban J connectivity index is 1.66. The summed E-state index contributed by atoms with van der Waals surface area (Å²) in [7, 11) is 0. The van der Waals surface area contributed by atoms with Crippen LogP contribution in [-0.4, -0.2) is 0 Å². The van der Waals surface area contributed by atoms with Crippen LogP contribution in [0.4, 0.5) is 0 Å². The molecule has 0 saturated carbocycles. The van der Waals surface area contributed by atoms with Crippen LogP contribution in [0.5, 0.6) is 0 Å². The van der Waals surface area contributed by atoms with Crippen molar-refractivity contribution in [3.8, 4) is 0 Å². The fourth-order valence-electron chi connectivity index (χ4n) is 7.51. The molecule has 5 aromatic rings. The van der Waals surface area contributed by atoms with Crippen LogP contribution in [-0.2, 0) is 23.7 Å². The summed E-state index contributed by atoms with van der Waals surface area (Å²) in [6.45, 7) is 0. The highest BCUT2D eigenvalue weighted by molar-refractivity contribution is 6.13. The van der Waals surface area contributed by atoms with E-state index < -0.39 is 0 Å². The second kappa shape index (κ2) is 4.84. The third-order valence-corrected chi connectivity index (χ3v) is 8.35. The number of hydrogen-bond acceptors (Lipinski definition) is 0. The van der Waals surface area contributed by atoms with Gasteiger partial charge in [0, 0.05) is 5.41 Å². The van der Waals surface area contributed by atoms with E-state index in [0.717, 1.165) is 12.8 Å². The van der Waals surface area contributed by atoms with Gasteiger partial charge in [0.05, 0.1) is 5.41 Å². The summed E-state index contributed by atoms with van der Waals surface area (Å²) in [4.78, 5) is 0. The third kappa shape index (κ3) is 1.41. The highest BCUT2D eigenvalue weighted by Crippen LogP contribution is 2.71. The molecule has 8 rings (SSSR count). The van der Waals surface area contributed by atoms with Gasteiger partial charge in [-0.1, -0.05) is 91.0 Å². The minimum Gasteiger partial charge on any atom is -0.0620 e. The maximum atomic E-state index is 2.53. The van der Waals surface area contributed by atoms with Crippen LogP contribution in [0.25, 0.3) is 21.5 Å². The predicted octanol–water partition coefficient (Wildman–Crippen LogP) is 6.69. The Morgan fingerprint density at radius 3 is 1.87 bits per heavy atom. The van der Waals surface area contributed by atoms with Gasteiger partial charge in [0.2, 0.25) is 0 Å². The molecule has 3 aliphatic rings. The second-order valence-corrected chi connectivity index (χ2v) is 9.37. The molecule has 3 aliphatic carbocycles. The topological polar surface area (TPSA) is 0 Å². The van der Waals surface area contributed by atoms with Gasteiger partial charge in [-0.15, -0.1) is 0 Å². The van der Waals surface area contributed by atoms with Crippen LogP contribution >= 0.6 is 0 Å². The first-order valence-electron chi connectivity index (χ1n) is 11.0. The minimum absolute atomic E-state index is 0.0561. The molecule has 0 heteroatoms. The van der Waals surface area contributed by atoms with Crippen molar-refractivity contribution in [2.75, 3.05) is 0 Å². The normalized spacial score (nSPS) is 24.7. The van der Waals surface area contributed by atoms with Crippen molar-refractivity contribution in [2.24, 2.45) is 0 Å². The van der Waals surface area contributed by atoms with Gasteiger partial charge >= 0.3 is 0 Å². The fourth-order valence-corrected chi connectivity index (χ4v) is 7.51. The second-order valence-electron chi connectivity index (χ2n) is 9.37. The summed E-state index contributed by atoms with van der Waals surface area (Å²) < 4.78 is 0. The van der Waals surface area contributed by atoms with E-state index >= 15 is 0 Å². The van der Waals surface area contributed by atoms with E-state index in [1.807, 2.05) is 0 Å². The number of fused-ring (bicyclic) bond motifs is 4. The van der Waals surface area contributed by atoms with Gasteiger partial charge in [0.25, 0.3) is 0 Å². The monoisotopic (exact) mass is 380 g/mol. The van der Waals surface area contributed by atoms with Crippen molar-refractivity contribution >= 4 is 21.5 Å². The molecule has 0 bridgehead atoms. The fraction of sp³-hybridized carbons (Fsp3) is 0.133. The van der Waals surface area contributed by atoms with Gasteiger partial charge in [0.1, 0.15) is 0 Å². The minimum atomic E-state index is -0.0561. The van der Waals surface area contributed by atoms with E-state index in [-0.39, 0.29) is 10.8 Å². The van der Waals surface area contributed by atoms with E-state index in [2.05, 4.69) is 97.1 Å². The highest BCUT2D eigenvalue weighted by atomic mass is 14.7. The van der Waals surface area contributed by atoms with Crippen molar-refractivity contribution < 1.29 is 0 Å². The number of rotatable bonds is 0. The van der Waals surface area contributed by atoms with Gasteiger partial charge in [-0.05, 0) is 73.8 Å². The van der Waals surface area contributed by atoms with Crippen LogP contribution in [0, 0.1) is 0 Å². The van der Waals surface area contributed by atoms with Crippen LogP contribution in [0.3, 0.4) is 0 Å². The Hall–Kier alpha value is -3.38. The lowest BCUT2D eigenvalue weighted by molar-refractivity contribution is 0.375. The maximum Gasteiger partial charge on any atom is 0.0565 e. The molecule has 0 fully saturated rings. The van der Waals surface area contributed by atoms with Crippen molar-refractivity contribution in [3.05, 3.63) is 130 Å². The molecular weight excluding hydrogens is 360 g/mol. The van der Waals surface area contributed by atoms with Crippen molar-refractivity contribution in [1.82, 2.24) is 0 Å². The molecule has 0 amide bonds. The molecule has 0 N–H and O–H groups in total. The van der Waals surface area contributed by atoms with E-state index in [1.165, 1.54) is 49.4 Å². The molecular formula is C30H20. The zero-order valence-electron chi connectivity index (χ0n) is 16.7. The summed E-state index contributed by atoms with van der Waals surface area (Å²) >= 11 is 0. The lowest BCUT2D eigenvalue weighted by Gasteiger charge is -2.38. The molecule has 0 spiro atoms. The zero-order chi connectivity index (χ0) is 19.5. The quantitative estimate of drug-likeness (QED) is 0.263. The first-order valence-corrected chi connectivity index (χ1v) is 11.0. The first kappa shape index (κ1) is 15.5. The Labute approximate surface area is 175 Å². The molecule has 0 saturated heterocycles. The molecule has 5 aromatic carbocycles. The van der Waals surface area contributed by atoms with Crippen molar-refractivity contribution in [2.45, 2.75) is 23.7 Å². The third-order valence-electron chi connectivity index (χ3n) is 8.35. The molecule has 0 radical (unpaired) electrons. The van der Waals surface area contributed by atoms with Gasteiger partial charge < -0.3 is 0 Å². The average Bonchev–Trinajstić information content (AvgIpc) is 3.33. The van der Waals surface area contributed by atoms with Crippen molar-refractivity contribution in [3.63, 3.8) is 0 Å². The Bertz CT molecular complexity index is 1500. The van der Waals surface area contributed by atoms with Gasteiger partial charge in [0.15, 0.2) is 0 Å². The summed E-state index contributed by atoms with van der Waals surface area (Å²) in [6, 6.07) is 37.0. The average molecular weight is 380 g/mol. The van der Waals surface area contributed by atoms with E-state index in [1.54, 1.807) is 5.56 Å². The molecule has 0 atom stereocenters. The SMILES string of the molecule is c1ccc2c(c1)CC13Cc4ccccc4C21c1cccc2c1c3cc1ccccc12. The molecule has 0 heterocycles. The van der Waals surface area contributed by atoms with Crippen LogP contribution in [0.2, 0.25) is 0 Å². The number of benzene rings is 5. The molecule has 0 aliphatic heterocycles. The van der Waals surface area contributed by atoms with Crippen LogP contribution in [0.15, 0.2) is 97.1 Å². The van der Waals surface area contributed by atoms with Gasteiger partial charge in [-0.3, -0.25) is 0 Å². The molecule has 0 unspecified atom stereocenters. The Kier molecular flexibility index (Phi) is 2.50. The lowest BCUT2D eigenvalue weighted by atomic mass is 9.62. The van der Waals surface area contributed by atoms with Crippen LogP contribution in [0.1, 0.15) is 33.4 Å². The largest absolute Gasteiger partial charge is 0.0620 e. The van der Waals surface area contributed by atoms with E-state index in [9.17, 15) is 0 Å². The summed E-state index contributed by atoms with van der Waals surface area (Å²) in [5.41, 5.74) is 9.25. The molecule has 0 nitrogen and oxygen atoms in total. The predicted molar refractivity (Wildman–Crippen MR) is 123 cm³/mol. The van der Waals surface area contributed by atoms with Crippen LogP contribution < -0.4 is 0 Å². The molecule has 30 heavy (non-hydrogen) atoms. The standard InChI is InChI=1S/C30H20/c1-4-11-22-19(8-1)16-27-28-23(22)12-7-15-26(28)30-24-13-5-2-9-20(24)17-29(27,30)18-21-10-3-6-14-25(21)30/h1-16H,17-18H2. The summed E-state index contributed by atoms with van der Waals surface area (Å²) in [5, 5.41) is 5.69. The summed E-state index contributed by atoms with van der Waals surface area (Å²) in [5.74, 6) is 0. The van der Waals surface area contributed by atoms with E-state index in [0.29, 0.717) is 0 Å². The summed E-state index contributed by atoms with van der Waals surface area (Å²) in [6.07, 6.45) is 2.25. The number of hydrogen-bond donors (Lipinski definition) is 0. The maximum absolute atomic E-state index is 2.53. The van der Waals surface area contributed by atoms with Crippen molar-refractivity contribution in [1.29, 1.82) is 0 Å². The first-order chi connectivity index (χ1) is 14.8.